The predicted molar refractivity (Wildman–Crippen MR) is 97.2 cm³/mol. The van der Waals surface area contributed by atoms with Crippen LogP contribution in [0.4, 0.5) is 11.8 Å². The number of nitrogens with one attached hydrogen (secondary N) is 1. The van der Waals surface area contributed by atoms with Crippen LogP contribution in [-0.2, 0) is 0 Å². The number of anilines is 2. The summed E-state index contributed by atoms with van der Waals surface area (Å²) in [7, 11) is 0. The van der Waals surface area contributed by atoms with Gasteiger partial charge in [-0.3, -0.25) is 0 Å². The van der Waals surface area contributed by atoms with Crippen molar-refractivity contribution in [3.05, 3.63) is 11.8 Å². The Labute approximate surface area is 141 Å². The number of aryl methyl sites for hydroxylation is 1. The van der Waals surface area contributed by atoms with Gasteiger partial charge in [-0.25, -0.2) is 4.98 Å². The second-order valence-corrected chi connectivity index (χ2v) is 7.28. The van der Waals surface area contributed by atoms with Gasteiger partial charge in [-0.15, -0.1) is 0 Å². The molecule has 1 N–H and O–H groups in total. The number of piperidine rings is 1. The molecule has 4 nitrogen and oxygen atoms in total. The number of rotatable bonds is 4. The summed E-state index contributed by atoms with van der Waals surface area (Å²) in [5.41, 5.74) is 1.08. The quantitative estimate of drug-likeness (QED) is 0.818. The monoisotopic (exact) mass is 316 g/mol. The van der Waals surface area contributed by atoms with Crippen LogP contribution in [0.25, 0.3) is 0 Å². The minimum absolute atomic E-state index is 0.551. The fraction of sp³-hybridized carbons (Fsp3) is 0.789. The second-order valence-electron chi connectivity index (χ2n) is 7.28. The molecule has 2 fully saturated rings. The number of aromatic nitrogens is 2. The molecule has 2 heterocycles. The van der Waals surface area contributed by atoms with Gasteiger partial charge in [-0.05, 0) is 45.4 Å². The normalized spacial score (nSPS) is 23.6. The highest BCUT2D eigenvalue weighted by atomic mass is 15.3. The first-order valence-electron chi connectivity index (χ1n) is 9.65. The molecule has 1 atom stereocenters. The number of hydrogen-bond donors (Lipinski definition) is 1. The van der Waals surface area contributed by atoms with Gasteiger partial charge in [-0.1, -0.05) is 32.6 Å². The fourth-order valence-corrected chi connectivity index (χ4v) is 4.10. The Balaban J connectivity index is 1.75. The summed E-state index contributed by atoms with van der Waals surface area (Å²) in [5.74, 6) is 1.97. The third-order valence-electron chi connectivity index (χ3n) is 5.42. The molecule has 0 spiro atoms. The van der Waals surface area contributed by atoms with Crippen LogP contribution < -0.4 is 10.2 Å². The topological polar surface area (TPSA) is 41.1 Å². The Morgan fingerprint density at radius 3 is 2.52 bits per heavy atom. The molecular formula is C19H32N4. The molecule has 1 saturated carbocycles. The molecule has 1 saturated heterocycles. The van der Waals surface area contributed by atoms with Gasteiger partial charge >= 0.3 is 0 Å². The van der Waals surface area contributed by atoms with E-state index >= 15 is 0 Å². The summed E-state index contributed by atoms with van der Waals surface area (Å²) >= 11 is 0. The molecule has 1 aromatic rings. The molecule has 0 aromatic carbocycles. The summed E-state index contributed by atoms with van der Waals surface area (Å²) in [6.45, 7) is 5.52. The maximum atomic E-state index is 4.88. The summed E-state index contributed by atoms with van der Waals surface area (Å²) in [6.07, 6.45) is 13.1. The summed E-state index contributed by atoms with van der Waals surface area (Å²) in [6, 6.07) is 3.35. The second kappa shape index (κ2) is 7.98. The van der Waals surface area contributed by atoms with E-state index < -0.39 is 0 Å². The SMILES string of the molecule is CCC1CCCCN1c1cc(C)nc(NC2CCCCCC2)n1. The van der Waals surface area contributed by atoms with Crippen molar-refractivity contribution < 1.29 is 0 Å². The van der Waals surface area contributed by atoms with Crippen LogP contribution in [0.2, 0.25) is 0 Å². The first-order chi connectivity index (χ1) is 11.3. The van der Waals surface area contributed by atoms with E-state index in [1.165, 1.54) is 64.2 Å². The summed E-state index contributed by atoms with van der Waals surface area (Å²) in [4.78, 5) is 12.0. The molecule has 0 radical (unpaired) electrons. The van der Waals surface area contributed by atoms with Crippen LogP contribution in [-0.4, -0.2) is 28.6 Å². The van der Waals surface area contributed by atoms with Crippen molar-refractivity contribution in [1.82, 2.24) is 9.97 Å². The molecule has 128 valence electrons. The average Bonchev–Trinajstić information content (AvgIpc) is 2.83. The maximum absolute atomic E-state index is 4.88. The largest absolute Gasteiger partial charge is 0.353 e. The lowest BCUT2D eigenvalue weighted by molar-refractivity contribution is 0.446. The minimum Gasteiger partial charge on any atom is -0.353 e. The van der Waals surface area contributed by atoms with E-state index in [-0.39, 0.29) is 0 Å². The summed E-state index contributed by atoms with van der Waals surface area (Å²) < 4.78 is 0. The molecule has 23 heavy (non-hydrogen) atoms. The van der Waals surface area contributed by atoms with E-state index in [0.29, 0.717) is 12.1 Å². The zero-order valence-electron chi connectivity index (χ0n) is 14.9. The van der Waals surface area contributed by atoms with Gasteiger partial charge in [0.1, 0.15) is 5.82 Å². The van der Waals surface area contributed by atoms with Crippen molar-refractivity contribution in [2.24, 2.45) is 0 Å². The van der Waals surface area contributed by atoms with Crippen LogP contribution in [0.5, 0.6) is 0 Å². The molecule has 1 unspecified atom stereocenters. The van der Waals surface area contributed by atoms with Crippen molar-refractivity contribution in [2.45, 2.75) is 90.1 Å². The van der Waals surface area contributed by atoms with E-state index in [9.17, 15) is 0 Å². The Morgan fingerprint density at radius 1 is 1.04 bits per heavy atom. The van der Waals surface area contributed by atoms with Gasteiger partial charge in [0.05, 0.1) is 0 Å². The van der Waals surface area contributed by atoms with Crippen molar-refractivity contribution in [3.8, 4) is 0 Å². The zero-order chi connectivity index (χ0) is 16.1. The van der Waals surface area contributed by atoms with Crippen LogP contribution in [0.1, 0.15) is 76.8 Å². The van der Waals surface area contributed by atoms with Gasteiger partial charge in [0.25, 0.3) is 0 Å². The highest BCUT2D eigenvalue weighted by molar-refractivity contribution is 5.46. The first-order valence-corrected chi connectivity index (χ1v) is 9.65. The van der Waals surface area contributed by atoms with Crippen LogP contribution in [0.15, 0.2) is 6.07 Å². The zero-order valence-corrected chi connectivity index (χ0v) is 14.9. The Morgan fingerprint density at radius 2 is 1.78 bits per heavy atom. The molecule has 0 bridgehead atoms. The smallest absolute Gasteiger partial charge is 0.225 e. The third-order valence-corrected chi connectivity index (χ3v) is 5.42. The molecule has 1 aliphatic carbocycles. The number of nitrogens with zero attached hydrogens (tertiary/aromatic N) is 3. The van der Waals surface area contributed by atoms with Crippen molar-refractivity contribution in [3.63, 3.8) is 0 Å². The van der Waals surface area contributed by atoms with Crippen molar-refractivity contribution >= 4 is 11.8 Å². The fourth-order valence-electron chi connectivity index (χ4n) is 4.10. The van der Waals surface area contributed by atoms with E-state index in [2.05, 4.69) is 35.1 Å². The van der Waals surface area contributed by atoms with Gasteiger partial charge in [0.15, 0.2) is 0 Å². The maximum Gasteiger partial charge on any atom is 0.225 e. The minimum atomic E-state index is 0.551. The first kappa shape index (κ1) is 16.5. The molecule has 3 rings (SSSR count). The molecule has 1 aromatic heterocycles. The highest BCUT2D eigenvalue weighted by Gasteiger charge is 2.23. The molecule has 2 aliphatic rings. The Bertz CT molecular complexity index is 494. The molecular weight excluding hydrogens is 284 g/mol. The molecule has 0 amide bonds. The number of hydrogen-bond acceptors (Lipinski definition) is 4. The average molecular weight is 316 g/mol. The van der Waals surface area contributed by atoms with E-state index in [1.54, 1.807) is 0 Å². The summed E-state index contributed by atoms with van der Waals surface area (Å²) in [5, 5.41) is 3.63. The third kappa shape index (κ3) is 4.36. The van der Waals surface area contributed by atoms with Crippen LogP contribution in [0, 0.1) is 6.92 Å². The lowest BCUT2D eigenvalue weighted by Crippen LogP contribution is -2.39. The highest BCUT2D eigenvalue weighted by Crippen LogP contribution is 2.27. The van der Waals surface area contributed by atoms with Crippen molar-refractivity contribution in [1.29, 1.82) is 0 Å². The van der Waals surface area contributed by atoms with E-state index in [4.69, 9.17) is 4.98 Å². The van der Waals surface area contributed by atoms with Gasteiger partial charge in [0.2, 0.25) is 5.95 Å². The van der Waals surface area contributed by atoms with E-state index in [1.807, 2.05) is 0 Å². The Hall–Kier alpha value is -1.32. The standard InChI is InChI=1S/C19H32N4/c1-3-17-12-8-9-13-23(17)18-14-15(2)20-19(22-18)21-16-10-6-4-5-7-11-16/h14,16-17H,3-13H2,1-2H3,(H,20,21,22). The Kier molecular flexibility index (Phi) is 5.74. The molecule has 4 heteroatoms. The lowest BCUT2D eigenvalue weighted by Gasteiger charge is -2.36. The predicted octanol–water partition coefficient (Wildman–Crippen LogP) is 4.69. The van der Waals surface area contributed by atoms with Gasteiger partial charge < -0.3 is 10.2 Å². The molecule has 1 aliphatic heterocycles. The lowest BCUT2D eigenvalue weighted by atomic mass is 10.00. The van der Waals surface area contributed by atoms with Crippen LogP contribution in [0.3, 0.4) is 0 Å². The van der Waals surface area contributed by atoms with Gasteiger partial charge in [0, 0.05) is 30.4 Å². The van der Waals surface area contributed by atoms with Crippen LogP contribution >= 0.6 is 0 Å². The van der Waals surface area contributed by atoms with Crippen molar-refractivity contribution in [2.75, 3.05) is 16.8 Å². The van der Waals surface area contributed by atoms with E-state index in [0.717, 1.165) is 24.0 Å². The van der Waals surface area contributed by atoms with Gasteiger partial charge in [-0.2, -0.15) is 4.98 Å².